The Labute approximate surface area is 152 Å². The zero-order valence-electron chi connectivity index (χ0n) is 14.1. The summed E-state index contributed by atoms with van der Waals surface area (Å²) in [6.07, 6.45) is 0. The van der Waals surface area contributed by atoms with E-state index in [9.17, 15) is 13.2 Å². The second-order valence-electron chi connectivity index (χ2n) is 5.77. The molecule has 0 aliphatic rings. The van der Waals surface area contributed by atoms with E-state index < -0.39 is 10.0 Å². The number of carbonyl (C=O) groups excluding carboxylic acids is 1. The molecule has 132 valence electrons. The summed E-state index contributed by atoms with van der Waals surface area (Å²) in [6, 6.07) is 22.1. The molecule has 0 saturated heterocycles. The molecule has 3 aromatic rings. The predicted octanol–water partition coefficient (Wildman–Crippen LogP) is 4.05. The molecule has 2 N–H and O–H groups in total. The van der Waals surface area contributed by atoms with E-state index in [1.165, 1.54) is 18.2 Å². The first-order valence-corrected chi connectivity index (χ1v) is 9.49. The van der Waals surface area contributed by atoms with Gasteiger partial charge in [-0.15, -0.1) is 0 Å². The maximum absolute atomic E-state index is 12.5. The van der Waals surface area contributed by atoms with Crippen molar-refractivity contribution in [3.8, 4) is 0 Å². The van der Waals surface area contributed by atoms with Gasteiger partial charge in [0.05, 0.1) is 10.6 Å². The molecule has 0 spiro atoms. The zero-order valence-corrected chi connectivity index (χ0v) is 15.0. The molecule has 0 radical (unpaired) electrons. The van der Waals surface area contributed by atoms with Gasteiger partial charge in [-0.3, -0.25) is 9.52 Å². The van der Waals surface area contributed by atoms with Gasteiger partial charge in [0, 0.05) is 11.3 Å². The molecular formula is C20H18N2O3S. The van der Waals surface area contributed by atoms with Crippen LogP contribution in [0.15, 0.2) is 83.8 Å². The lowest BCUT2D eigenvalue weighted by Crippen LogP contribution is -2.16. The van der Waals surface area contributed by atoms with Crippen LogP contribution in [0.25, 0.3) is 0 Å². The lowest BCUT2D eigenvalue weighted by atomic mass is 10.1. The molecule has 0 unspecified atom stereocenters. The number of carbonyl (C=O) groups is 1. The maximum atomic E-state index is 12.5. The Kier molecular flexibility index (Phi) is 5.04. The molecule has 5 nitrogen and oxygen atoms in total. The number of nitrogens with one attached hydrogen (secondary N) is 2. The highest BCUT2D eigenvalue weighted by molar-refractivity contribution is 7.92. The first-order valence-electron chi connectivity index (χ1n) is 8.01. The lowest BCUT2D eigenvalue weighted by Gasteiger charge is -2.12. The van der Waals surface area contributed by atoms with E-state index in [0.29, 0.717) is 16.9 Å². The van der Waals surface area contributed by atoms with Gasteiger partial charge in [0.2, 0.25) is 0 Å². The molecule has 0 atom stereocenters. The van der Waals surface area contributed by atoms with Crippen molar-refractivity contribution in [3.63, 3.8) is 0 Å². The largest absolute Gasteiger partial charge is 0.322 e. The summed E-state index contributed by atoms with van der Waals surface area (Å²) < 4.78 is 27.6. The summed E-state index contributed by atoms with van der Waals surface area (Å²) in [5.41, 5.74) is 2.13. The van der Waals surface area contributed by atoms with Crippen molar-refractivity contribution in [2.24, 2.45) is 0 Å². The molecule has 0 aliphatic carbocycles. The second kappa shape index (κ2) is 7.41. The van der Waals surface area contributed by atoms with Crippen LogP contribution >= 0.6 is 0 Å². The number of hydrogen-bond donors (Lipinski definition) is 2. The number of rotatable bonds is 5. The molecular weight excluding hydrogens is 348 g/mol. The Morgan fingerprint density at radius 3 is 2.12 bits per heavy atom. The van der Waals surface area contributed by atoms with Crippen molar-refractivity contribution in [3.05, 3.63) is 90.0 Å². The van der Waals surface area contributed by atoms with E-state index in [-0.39, 0.29) is 10.8 Å². The second-order valence-corrected chi connectivity index (χ2v) is 7.45. The molecule has 0 aromatic heterocycles. The van der Waals surface area contributed by atoms with Crippen LogP contribution in [-0.2, 0) is 10.0 Å². The van der Waals surface area contributed by atoms with Gasteiger partial charge in [-0.25, -0.2) is 8.42 Å². The van der Waals surface area contributed by atoms with Crippen LogP contribution in [0, 0.1) is 6.92 Å². The Hall–Kier alpha value is -3.12. The minimum absolute atomic E-state index is 0.165. The highest BCUT2D eigenvalue weighted by Gasteiger charge is 2.16. The summed E-state index contributed by atoms with van der Waals surface area (Å²) in [5, 5.41) is 2.78. The van der Waals surface area contributed by atoms with Crippen LogP contribution in [0.1, 0.15) is 15.9 Å². The van der Waals surface area contributed by atoms with E-state index in [1.54, 1.807) is 49.4 Å². The summed E-state index contributed by atoms with van der Waals surface area (Å²) in [6.45, 7) is 1.78. The highest BCUT2D eigenvalue weighted by Crippen LogP contribution is 2.22. The van der Waals surface area contributed by atoms with Gasteiger partial charge in [-0.2, -0.15) is 0 Å². The molecule has 3 rings (SSSR count). The third kappa shape index (κ3) is 4.10. The normalized spacial score (nSPS) is 11.0. The van der Waals surface area contributed by atoms with Crippen molar-refractivity contribution in [1.29, 1.82) is 0 Å². The topological polar surface area (TPSA) is 75.3 Å². The van der Waals surface area contributed by atoms with Gasteiger partial charge >= 0.3 is 0 Å². The number of para-hydroxylation sites is 1. The Morgan fingerprint density at radius 1 is 0.846 bits per heavy atom. The first kappa shape index (κ1) is 17.7. The number of benzene rings is 3. The Morgan fingerprint density at radius 2 is 1.46 bits per heavy atom. The van der Waals surface area contributed by atoms with Crippen LogP contribution in [0.5, 0.6) is 0 Å². The van der Waals surface area contributed by atoms with Crippen LogP contribution < -0.4 is 10.0 Å². The lowest BCUT2D eigenvalue weighted by molar-refractivity contribution is 0.102. The van der Waals surface area contributed by atoms with Crippen molar-refractivity contribution >= 4 is 27.3 Å². The fourth-order valence-electron chi connectivity index (χ4n) is 2.40. The average Bonchev–Trinajstić information content (AvgIpc) is 2.65. The van der Waals surface area contributed by atoms with Crippen LogP contribution in [0.4, 0.5) is 11.4 Å². The fourth-order valence-corrected chi connectivity index (χ4v) is 3.54. The quantitative estimate of drug-likeness (QED) is 0.715. The fraction of sp³-hybridized carbons (Fsp3) is 0.0500. The predicted molar refractivity (Wildman–Crippen MR) is 103 cm³/mol. The highest BCUT2D eigenvalue weighted by atomic mass is 32.2. The summed E-state index contributed by atoms with van der Waals surface area (Å²) in [5.74, 6) is -0.309. The molecule has 1 amide bonds. The number of sulfonamides is 1. The minimum Gasteiger partial charge on any atom is -0.322 e. The molecule has 0 fully saturated rings. The summed E-state index contributed by atoms with van der Waals surface area (Å²) in [4.78, 5) is 12.6. The molecule has 6 heteroatoms. The van der Waals surface area contributed by atoms with E-state index in [2.05, 4.69) is 10.0 Å². The van der Waals surface area contributed by atoms with Crippen LogP contribution in [0.3, 0.4) is 0 Å². The Balaban J connectivity index is 1.85. The van der Waals surface area contributed by atoms with Crippen LogP contribution in [-0.4, -0.2) is 14.3 Å². The summed E-state index contributed by atoms with van der Waals surface area (Å²) >= 11 is 0. The SMILES string of the molecule is Cc1ccc(C(=O)Nc2ccccc2)cc1NS(=O)(=O)c1ccccc1. The molecule has 0 aliphatic heterocycles. The summed E-state index contributed by atoms with van der Waals surface area (Å²) in [7, 11) is -3.72. The van der Waals surface area contributed by atoms with Crippen molar-refractivity contribution in [2.75, 3.05) is 10.0 Å². The third-order valence-electron chi connectivity index (χ3n) is 3.83. The molecule has 0 heterocycles. The van der Waals surface area contributed by atoms with Crippen molar-refractivity contribution in [1.82, 2.24) is 0 Å². The van der Waals surface area contributed by atoms with Crippen LogP contribution in [0.2, 0.25) is 0 Å². The average molecular weight is 366 g/mol. The van der Waals surface area contributed by atoms with E-state index in [1.807, 2.05) is 18.2 Å². The van der Waals surface area contributed by atoms with Gasteiger partial charge in [0.25, 0.3) is 15.9 Å². The smallest absolute Gasteiger partial charge is 0.261 e. The van der Waals surface area contributed by atoms with E-state index in [0.717, 1.165) is 5.56 Å². The van der Waals surface area contributed by atoms with Gasteiger partial charge in [-0.05, 0) is 48.9 Å². The number of hydrogen-bond acceptors (Lipinski definition) is 3. The van der Waals surface area contributed by atoms with Gasteiger partial charge < -0.3 is 5.32 Å². The van der Waals surface area contributed by atoms with E-state index >= 15 is 0 Å². The minimum atomic E-state index is -3.72. The molecule has 26 heavy (non-hydrogen) atoms. The number of amides is 1. The number of anilines is 2. The maximum Gasteiger partial charge on any atom is 0.261 e. The van der Waals surface area contributed by atoms with Crippen molar-refractivity contribution in [2.45, 2.75) is 11.8 Å². The van der Waals surface area contributed by atoms with Gasteiger partial charge in [0.1, 0.15) is 0 Å². The first-order chi connectivity index (χ1) is 12.5. The van der Waals surface area contributed by atoms with Gasteiger partial charge in [-0.1, -0.05) is 42.5 Å². The van der Waals surface area contributed by atoms with Gasteiger partial charge in [0.15, 0.2) is 0 Å². The molecule has 0 saturated carbocycles. The van der Waals surface area contributed by atoms with E-state index in [4.69, 9.17) is 0 Å². The monoisotopic (exact) mass is 366 g/mol. The molecule has 3 aromatic carbocycles. The Bertz CT molecular complexity index is 1020. The third-order valence-corrected chi connectivity index (χ3v) is 5.21. The number of aryl methyl sites for hydroxylation is 1. The zero-order chi connectivity index (χ0) is 18.6. The standard InChI is InChI=1S/C20H18N2O3S/c1-15-12-13-16(20(23)21-17-8-4-2-5-9-17)14-19(15)22-26(24,25)18-10-6-3-7-11-18/h2-14,22H,1H3,(H,21,23). The molecule has 0 bridgehead atoms. The van der Waals surface area contributed by atoms with Crippen molar-refractivity contribution < 1.29 is 13.2 Å².